The van der Waals surface area contributed by atoms with Crippen molar-refractivity contribution in [3.63, 3.8) is 0 Å². The van der Waals surface area contributed by atoms with Gasteiger partial charge < -0.3 is 14.7 Å². The third-order valence-corrected chi connectivity index (χ3v) is 7.35. The molecule has 12 heteroatoms. The highest BCUT2D eigenvalue weighted by molar-refractivity contribution is 7.91. The molecule has 0 saturated heterocycles. The van der Waals surface area contributed by atoms with Crippen LogP contribution in [0, 0.1) is 0 Å². The first-order chi connectivity index (χ1) is 18.2. The average Bonchev–Trinajstić information content (AvgIpc) is 2.91. The third-order valence-electron chi connectivity index (χ3n) is 5.53. The van der Waals surface area contributed by atoms with Gasteiger partial charge in [0.05, 0.1) is 34.2 Å². The molecule has 38 heavy (non-hydrogen) atoms. The normalized spacial score (nSPS) is 12.2. The number of hydrogen-bond donors (Lipinski definition) is 1. The highest BCUT2D eigenvalue weighted by Crippen LogP contribution is 2.23. The average molecular weight is 537 g/mol. The van der Waals surface area contributed by atoms with E-state index in [0.29, 0.717) is 16.9 Å². The zero-order chi connectivity index (χ0) is 27.5. The lowest BCUT2D eigenvalue weighted by molar-refractivity contribution is 0.0393. The Morgan fingerprint density at radius 1 is 0.974 bits per heavy atom. The highest BCUT2D eigenvalue weighted by atomic mass is 32.2. The number of benzene rings is 3. The summed E-state index contributed by atoms with van der Waals surface area (Å²) < 4.78 is 31.1. The van der Waals surface area contributed by atoms with E-state index in [1.807, 2.05) is 43.3 Å². The number of anilines is 1. The Morgan fingerprint density at radius 2 is 1.55 bits per heavy atom. The second-order valence-corrected chi connectivity index (χ2v) is 10.6. The first-order valence-electron chi connectivity index (χ1n) is 11.7. The molecule has 3 rings (SSSR count). The minimum absolute atomic E-state index is 0.0894. The first kappa shape index (κ1) is 28.3. The molecule has 0 radical (unpaired) electrons. The topological polar surface area (TPSA) is 157 Å². The molecule has 0 saturated carbocycles. The molecule has 3 aromatic rings. The van der Waals surface area contributed by atoms with Gasteiger partial charge in [-0.3, -0.25) is 0 Å². The third kappa shape index (κ3) is 8.41. The van der Waals surface area contributed by atoms with Crippen molar-refractivity contribution >= 4 is 32.9 Å². The fourth-order valence-electron chi connectivity index (χ4n) is 3.39. The van der Waals surface area contributed by atoms with Crippen LogP contribution < -0.4 is 4.90 Å². The smallest absolute Gasteiger partial charge is 0.335 e. The maximum atomic E-state index is 12.8. The van der Waals surface area contributed by atoms with E-state index < -0.39 is 22.0 Å². The lowest BCUT2D eigenvalue weighted by Gasteiger charge is -2.13. The van der Waals surface area contributed by atoms with E-state index >= 15 is 0 Å². The fraction of sp³-hybridized carbons (Fsp3) is 0.269. The SMILES string of the molecule is CN(C)c1ccc(N=Nc2ccc(S(=O)(=O)CCCC(N=[N+]=[N-])OCc3ccc(C(=O)O)cc3)cc2)cc1. The molecule has 3 aromatic carbocycles. The number of ether oxygens (including phenoxy) is 1. The van der Waals surface area contributed by atoms with Crippen LogP contribution in [0.25, 0.3) is 10.4 Å². The van der Waals surface area contributed by atoms with Crippen LogP contribution in [0.4, 0.5) is 17.1 Å². The fourth-order valence-corrected chi connectivity index (χ4v) is 4.72. The number of azo groups is 1. The second kappa shape index (κ2) is 13.3. The molecule has 0 heterocycles. The molecule has 11 nitrogen and oxygen atoms in total. The van der Waals surface area contributed by atoms with Crippen molar-refractivity contribution in [1.82, 2.24) is 0 Å². The molecule has 0 aromatic heterocycles. The summed E-state index contributed by atoms with van der Waals surface area (Å²) in [7, 11) is 0.329. The summed E-state index contributed by atoms with van der Waals surface area (Å²) >= 11 is 0. The maximum absolute atomic E-state index is 12.8. The number of carbonyl (C=O) groups is 1. The molecule has 1 unspecified atom stereocenters. The Morgan fingerprint density at radius 3 is 2.08 bits per heavy atom. The molecule has 1 N–H and O–H groups in total. The van der Waals surface area contributed by atoms with E-state index in [4.69, 9.17) is 15.4 Å². The van der Waals surface area contributed by atoms with Gasteiger partial charge in [0.2, 0.25) is 0 Å². The van der Waals surface area contributed by atoms with Crippen molar-refractivity contribution in [3.05, 3.63) is 94.4 Å². The van der Waals surface area contributed by atoms with Gasteiger partial charge in [-0.05, 0) is 84.6 Å². The number of hydrogen-bond acceptors (Lipinski definition) is 8. The number of carboxylic acids is 1. The van der Waals surface area contributed by atoms with E-state index in [1.165, 1.54) is 24.3 Å². The van der Waals surface area contributed by atoms with Crippen LogP contribution in [0.15, 0.2) is 93.0 Å². The zero-order valence-corrected chi connectivity index (χ0v) is 21.8. The van der Waals surface area contributed by atoms with Crippen molar-refractivity contribution in [2.75, 3.05) is 24.7 Å². The Labute approximate surface area is 221 Å². The second-order valence-electron chi connectivity index (χ2n) is 8.54. The number of azide groups is 1. The number of nitrogens with zero attached hydrogens (tertiary/aromatic N) is 6. The minimum atomic E-state index is -3.57. The Kier molecular flexibility index (Phi) is 9.94. The van der Waals surface area contributed by atoms with Gasteiger partial charge in [0.25, 0.3) is 0 Å². The molecule has 1 atom stereocenters. The van der Waals surface area contributed by atoms with Crippen LogP contribution >= 0.6 is 0 Å². The first-order valence-corrected chi connectivity index (χ1v) is 13.3. The molecule has 0 aliphatic heterocycles. The van der Waals surface area contributed by atoms with Gasteiger partial charge in [-0.15, -0.1) is 0 Å². The van der Waals surface area contributed by atoms with E-state index in [1.54, 1.807) is 24.3 Å². The van der Waals surface area contributed by atoms with Crippen molar-refractivity contribution in [3.8, 4) is 0 Å². The molecule has 0 aliphatic rings. The van der Waals surface area contributed by atoms with Gasteiger partial charge in [0.1, 0.15) is 6.23 Å². The number of rotatable bonds is 13. The lowest BCUT2D eigenvalue weighted by atomic mass is 10.1. The molecule has 0 fully saturated rings. The molecule has 0 aliphatic carbocycles. The predicted molar refractivity (Wildman–Crippen MR) is 144 cm³/mol. The molecule has 0 bridgehead atoms. The summed E-state index contributed by atoms with van der Waals surface area (Å²) in [6.07, 6.45) is -0.437. The van der Waals surface area contributed by atoms with E-state index in [0.717, 1.165) is 5.69 Å². The summed E-state index contributed by atoms with van der Waals surface area (Å²) in [4.78, 5) is 15.9. The lowest BCUT2D eigenvalue weighted by Crippen LogP contribution is -2.13. The van der Waals surface area contributed by atoms with Crippen LogP contribution in [0.1, 0.15) is 28.8 Å². The Balaban J connectivity index is 1.52. The predicted octanol–water partition coefficient (Wildman–Crippen LogP) is 6.27. The van der Waals surface area contributed by atoms with E-state index in [-0.39, 0.29) is 35.7 Å². The molecular formula is C26H28N6O5S. The van der Waals surface area contributed by atoms with Crippen molar-refractivity contribution in [2.45, 2.75) is 30.6 Å². The summed E-state index contributed by atoms with van der Waals surface area (Å²) in [5, 5.41) is 20.9. The van der Waals surface area contributed by atoms with Gasteiger partial charge in [-0.25, -0.2) is 13.2 Å². The van der Waals surface area contributed by atoms with Crippen LogP contribution in [-0.2, 0) is 21.2 Å². The van der Waals surface area contributed by atoms with Gasteiger partial charge in [-0.2, -0.15) is 10.2 Å². The molecule has 0 spiro atoms. The summed E-state index contributed by atoms with van der Waals surface area (Å²) in [5.74, 6) is -1.18. The monoisotopic (exact) mass is 536 g/mol. The van der Waals surface area contributed by atoms with Gasteiger partial charge in [-0.1, -0.05) is 17.2 Å². The molecule has 198 valence electrons. The van der Waals surface area contributed by atoms with Crippen LogP contribution in [-0.4, -0.2) is 45.6 Å². The largest absolute Gasteiger partial charge is 0.478 e. The van der Waals surface area contributed by atoms with E-state index in [2.05, 4.69) is 20.3 Å². The summed E-state index contributed by atoms with van der Waals surface area (Å²) in [6, 6.07) is 19.8. The van der Waals surface area contributed by atoms with Crippen LogP contribution in [0.2, 0.25) is 0 Å². The standard InChI is InChI=1S/C26H28N6O5S/c1-32(2)23-13-9-21(10-14-23)28-29-22-11-15-24(16-12-22)38(35,36)17-3-4-25(30-31-27)37-18-19-5-7-20(8-6-19)26(33)34/h5-16,25H,3-4,17-18H2,1-2H3,(H,33,34). The zero-order valence-electron chi connectivity index (χ0n) is 21.0. The van der Waals surface area contributed by atoms with E-state index in [9.17, 15) is 13.2 Å². The maximum Gasteiger partial charge on any atom is 0.335 e. The Bertz CT molecular complexity index is 1400. The number of carboxylic acid groups (broad SMARTS) is 1. The minimum Gasteiger partial charge on any atom is -0.478 e. The number of aromatic carboxylic acids is 1. The van der Waals surface area contributed by atoms with Crippen molar-refractivity contribution in [1.29, 1.82) is 0 Å². The van der Waals surface area contributed by atoms with Crippen LogP contribution in [0.5, 0.6) is 0 Å². The van der Waals surface area contributed by atoms with Gasteiger partial charge in [0, 0.05) is 24.7 Å². The number of sulfone groups is 1. The molecular weight excluding hydrogens is 508 g/mol. The summed E-state index contributed by atoms with van der Waals surface area (Å²) in [6.45, 7) is 0.0894. The van der Waals surface area contributed by atoms with Crippen LogP contribution in [0.3, 0.4) is 0 Å². The van der Waals surface area contributed by atoms with Crippen molar-refractivity contribution in [2.24, 2.45) is 15.3 Å². The quantitative estimate of drug-likeness (QED) is 0.154. The highest BCUT2D eigenvalue weighted by Gasteiger charge is 2.16. The van der Waals surface area contributed by atoms with Gasteiger partial charge in [0.15, 0.2) is 9.84 Å². The Hall–Kier alpha value is -4.25. The molecule has 0 amide bonds. The van der Waals surface area contributed by atoms with Crippen molar-refractivity contribution < 1.29 is 23.1 Å². The van der Waals surface area contributed by atoms with Gasteiger partial charge >= 0.3 is 5.97 Å². The summed E-state index contributed by atoms with van der Waals surface area (Å²) in [5.41, 5.74) is 11.9.